The summed E-state index contributed by atoms with van der Waals surface area (Å²) in [6.45, 7) is 2.07. The molecule has 1 aromatic carbocycles. The van der Waals surface area contributed by atoms with Crippen molar-refractivity contribution in [3.8, 4) is 10.6 Å². The Labute approximate surface area is 130 Å². The first-order valence-electron chi connectivity index (χ1n) is 6.44. The summed E-state index contributed by atoms with van der Waals surface area (Å²) in [4.78, 5) is 16.4. The molecule has 0 unspecified atom stereocenters. The summed E-state index contributed by atoms with van der Waals surface area (Å²) in [6.07, 6.45) is 0.808. The van der Waals surface area contributed by atoms with Gasteiger partial charge in [-0.25, -0.2) is 9.78 Å². The molecule has 0 bridgehead atoms. The van der Waals surface area contributed by atoms with Crippen LogP contribution in [0.15, 0.2) is 41.1 Å². The molecule has 0 aliphatic rings. The number of thiazole rings is 1. The highest BCUT2D eigenvalue weighted by molar-refractivity contribution is 7.14. The normalized spacial score (nSPS) is 10.7. The number of carboxylic acid groups (broad SMARTS) is 1. The highest BCUT2D eigenvalue weighted by Crippen LogP contribution is 2.29. The van der Waals surface area contributed by atoms with E-state index in [4.69, 9.17) is 5.11 Å². The van der Waals surface area contributed by atoms with E-state index in [0.29, 0.717) is 5.56 Å². The van der Waals surface area contributed by atoms with Gasteiger partial charge in [-0.05, 0) is 18.6 Å². The van der Waals surface area contributed by atoms with Crippen LogP contribution in [-0.4, -0.2) is 16.1 Å². The summed E-state index contributed by atoms with van der Waals surface area (Å²) in [5, 5.41) is 13.6. The van der Waals surface area contributed by atoms with E-state index in [9.17, 15) is 4.79 Å². The van der Waals surface area contributed by atoms with Gasteiger partial charge in [0, 0.05) is 17.2 Å². The molecule has 0 atom stereocenters. The van der Waals surface area contributed by atoms with Crippen molar-refractivity contribution in [1.82, 2.24) is 4.98 Å². The zero-order valence-electron chi connectivity index (χ0n) is 11.4. The van der Waals surface area contributed by atoms with Gasteiger partial charge in [-0.3, -0.25) is 0 Å². The van der Waals surface area contributed by atoms with Crippen LogP contribution in [0.25, 0.3) is 10.6 Å². The summed E-state index contributed by atoms with van der Waals surface area (Å²) in [5.74, 6) is -0.896. The Kier molecular flexibility index (Phi) is 3.86. The first-order chi connectivity index (χ1) is 10.1. The molecule has 21 heavy (non-hydrogen) atoms. The lowest BCUT2D eigenvalue weighted by atomic mass is 10.1. The molecular formula is C16H13NO2S2. The van der Waals surface area contributed by atoms with Crippen molar-refractivity contribution < 1.29 is 9.90 Å². The molecule has 3 nitrogen and oxygen atoms in total. The molecule has 0 spiro atoms. The lowest BCUT2D eigenvalue weighted by Gasteiger charge is -1.98. The Bertz CT molecular complexity index is 772. The number of carbonyl (C=O) groups is 1. The minimum atomic E-state index is -0.896. The van der Waals surface area contributed by atoms with Crippen LogP contribution in [-0.2, 0) is 6.42 Å². The highest BCUT2D eigenvalue weighted by atomic mass is 32.1. The number of nitrogens with zero attached hydrogens (tertiary/aromatic N) is 1. The summed E-state index contributed by atoms with van der Waals surface area (Å²) in [5.41, 5.74) is 3.67. The van der Waals surface area contributed by atoms with E-state index in [1.54, 1.807) is 22.8 Å². The highest BCUT2D eigenvalue weighted by Gasteiger charge is 2.11. The van der Waals surface area contributed by atoms with Crippen molar-refractivity contribution in [2.24, 2.45) is 0 Å². The molecule has 3 rings (SSSR count). The van der Waals surface area contributed by atoms with Gasteiger partial charge in [0.1, 0.15) is 0 Å². The Morgan fingerprint density at radius 2 is 1.95 bits per heavy atom. The summed E-state index contributed by atoms with van der Waals surface area (Å²) in [6, 6.07) is 10.1. The zero-order valence-corrected chi connectivity index (χ0v) is 13.0. The monoisotopic (exact) mass is 315 g/mol. The summed E-state index contributed by atoms with van der Waals surface area (Å²) in [7, 11) is 0. The van der Waals surface area contributed by atoms with Crippen molar-refractivity contribution in [1.29, 1.82) is 0 Å². The second-order valence-corrected chi connectivity index (χ2v) is 6.65. The standard InChI is InChI=1S/C16H13NO2S2/c1-10-2-4-11(5-3-10)6-15-17-13(9-21-15)14-7-12(8-20-14)16(18)19/h2-5,7-9H,6H2,1H3,(H,18,19). The fourth-order valence-corrected chi connectivity index (χ4v) is 3.71. The average molecular weight is 315 g/mol. The Morgan fingerprint density at radius 3 is 2.62 bits per heavy atom. The molecule has 0 aliphatic heterocycles. The smallest absolute Gasteiger partial charge is 0.336 e. The van der Waals surface area contributed by atoms with Gasteiger partial charge in [0.05, 0.1) is 21.1 Å². The number of benzene rings is 1. The van der Waals surface area contributed by atoms with Gasteiger partial charge in [-0.2, -0.15) is 0 Å². The van der Waals surface area contributed by atoms with E-state index < -0.39 is 5.97 Å². The van der Waals surface area contributed by atoms with Gasteiger partial charge in [0.25, 0.3) is 0 Å². The fraction of sp³-hybridized carbons (Fsp3) is 0.125. The number of carboxylic acids is 1. The first kappa shape index (κ1) is 14.0. The molecule has 2 heterocycles. The van der Waals surface area contributed by atoms with Crippen LogP contribution in [0.4, 0.5) is 0 Å². The average Bonchev–Trinajstić information content (AvgIpc) is 3.10. The molecule has 0 radical (unpaired) electrons. The molecule has 0 amide bonds. The number of hydrogen-bond donors (Lipinski definition) is 1. The van der Waals surface area contributed by atoms with Gasteiger partial charge in [0.2, 0.25) is 0 Å². The second kappa shape index (κ2) is 5.79. The third-order valence-electron chi connectivity index (χ3n) is 3.13. The Balaban J connectivity index is 1.79. The largest absolute Gasteiger partial charge is 0.478 e. The van der Waals surface area contributed by atoms with Crippen LogP contribution in [0.3, 0.4) is 0 Å². The topological polar surface area (TPSA) is 50.2 Å². The van der Waals surface area contributed by atoms with Crippen LogP contribution in [0.1, 0.15) is 26.5 Å². The van der Waals surface area contributed by atoms with E-state index in [-0.39, 0.29) is 0 Å². The molecule has 0 fully saturated rings. The SMILES string of the molecule is Cc1ccc(Cc2nc(-c3cc(C(=O)O)cs3)cs2)cc1. The molecule has 0 saturated heterocycles. The summed E-state index contributed by atoms with van der Waals surface area (Å²) >= 11 is 3.03. The van der Waals surface area contributed by atoms with Crippen LogP contribution in [0.5, 0.6) is 0 Å². The van der Waals surface area contributed by atoms with Crippen molar-refractivity contribution in [3.05, 3.63) is 62.8 Å². The number of aromatic nitrogens is 1. The van der Waals surface area contributed by atoms with Crippen molar-refractivity contribution in [2.75, 3.05) is 0 Å². The van der Waals surface area contributed by atoms with E-state index >= 15 is 0 Å². The number of thiophene rings is 1. The summed E-state index contributed by atoms with van der Waals surface area (Å²) < 4.78 is 0. The predicted octanol–water partition coefficient (Wildman–Crippen LogP) is 4.47. The number of aryl methyl sites for hydroxylation is 1. The van der Waals surface area contributed by atoms with Crippen LogP contribution >= 0.6 is 22.7 Å². The van der Waals surface area contributed by atoms with Gasteiger partial charge < -0.3 is 5.11 Å². The van der Waals surface area contributed by atoms with E-state index in [2.05, 4.69) is 36.2 Å². The van der Waals surface area contributed by atoms with Gasteiger partial charge in [0.15, 0.2) is 0 Å². The minimum absolute atomic E-state index is 0.322. The van der Waals surface area contributed by atoms with E-state index in [1.165, 1.54) is 22.5 Å². The fourth-order valence-electron chi connectivity index (χ4n) is 1.97. The third kappa shape index (κ3) is 3.20. The van der Waals surface area contributed by atoms with Crippen molar-refractivity contribution in [3.63, 3.8) is 0 Å². The lowest BCUT2D eigenvalue weighted by molar-refractivity contribution is 0.0697. The maximum atomic E-state index is 10.9. The van der Waals surface area contributed by atoms with Crippen LogP contribution in [0.2, 0.25) is 0 Å². The predicted molar refractivity (Wildman–Crippen MR) is 86.4 cm³/mol. The molecule has 106 valence electrons. The van der Waals surface area contributed by atoms with Gasteiger partial charge in [-0.1, -0.05) is 29.8 Å². The van der Waals surface area contributed by atoms with E-state index in [0.717, 1.165) is 22.0 Å². The maximum absolute atomic E-state index is 10.9. The molecule has 5 heteroatoms. The third-order valence-corrected chi connectivity index (χ3v) is 4.93. The van der Waals surface area contributed by atoms with Crippen molar-refractivity contribution >= 4 is 28.6 Å². The lowest BCUT2D eigenvalue weighted by Crippen LogP contribution is -1.91. The Morgan fingerprint density at radius 1 is 1.19 bits per heavy atom. The second-order valence-electron chi connectivity index (χ2n) is 4.79. The zero-order chi connectivity index (χ0) is 14.8. The molecule has 0 saturated carbocycles. The van der Waals surface area contributed by atoms with Gasteiger partial charge >= 0.3 is 5.97 Å². The molecular weight excluding hydrogens is 302 g/mol. The first-order valence-corrected chi connectivity index (χ1v) is 8.20. The number of hydrogen-bond acceptors (Lipinski definition) is 4. The quantitative estimate of drug-likeness (QED) is 0.773. The Hall–Kier alpha value is -1.98. The van der Waals surface area contributed by atoms with E-state index in [1.807, 2.05) is 5.38 Å². The van der Waals surface area contributed by atoms with Crippen LogP contribution in [0, 0.1) is 6.92 Å². The van der Waals surface area contributed by atoms with Gasteiger partial charge in [-0.15, -0.1) is 22.7 Å². The van der Waals surface area contributed by atoms with Crippen molar-refractivity contribution in [2.45, 2.75) is 13.3 Å². The number of aromatic carboxylic acids is 1. The maximum Gasteiger partial charge on any atom is 0.336 e. The minimum Gasteiger partial charge on any atom is -0.478 e. The molecule has 1 N–H and O–H groups in total. The molecule has 0 aliphatic carbocycles. The van der Waals surface area contributed by atoms with Crippen LogP contribution < -0.4 is 0 Å². The molecule has 3 aromatic rings. The number of rotatable bonds is 4. The molecule has 2 aromatic heterocycles.